The summed E-state index contributed by atoms with van der Waals surface area (Å²) < 4.78 is 5.86. The Balaban J connectivity index is 0.00000242. The number of carbonyl (C=O) groups excluding carboxylic acids is 1. The molecule has 0 radical (unpaired) electrons. The van der Waals surface area contributed by atoms with Crippen LogP contribution in [0.3, 0.4) is 0 Å². The van der Waals surface area contributed by atoms with Gasteiger partial charge in [-0.2, -0.15) is 0 Å². The minimum Gasteiger partial charge on any atom is -0.369 e. The summed E-state index contributed by atoms with van der Waals surface area (Å²) in [5, 5.41) is 0.669. The molecule has 1 aliphatic heterocycles. The Bertz CT molecular complexity index is 499. The lowest BCUT2D eigenvalue weighted by atomic mass is 10.0. The van der Waals surface area contributed by atoms with Crippen LogP contribution in [0.5, 0.6) is 0 Å². The van der Waals surface area contributed by atoms with Crippen molar-refractivity contribution >= 4 is 29.9 Å². The Morgan fingerprint density at radius 3 is 2.82 bits per heavy atom. The van der Waals surface area contributed by atoms with Crippen molar-refractivity contribution in [2.24, 2.45) is 5.73 Å². The van der Waals surface area contributed by atoms with E-state index in [0.717, 1.165) is 12.0 Å². The van der Waals surface area contributed by atoms with Crippen molar-refractivity contribution in [1.29, 1.82) is 0 Å². The van der Waals surface area contributed by atoms with Crippen LogP contribution in [0.15, 0.2) is 24.3 Å². The predicted octanol–water partition coefficient (Wildman–Crippen LogP) is 3.18. The van der Waals surface area contributed by atoms with Crippen LogP contribution in [0.4, 0.5) is 0 Å². The fourth-order valence-electron chi connectivity index (χ4n) is 2.64. The Morgan fingerprint density at radius 2 is 2.18 bits per heavy atom. The maximum absolute atomic E-state index is 12.5. The number of hydrogen-bond donors (Lipinski definition) is 1. The third-order valence-corrected chi connectivity index (χ3v) is 4.23. The highest BCUT2D eigenvalue weighted by molar-refractivity contribution is 6.31. The molecule has 1 aromatic rings. The molecule has 3 atom stereocenters. The maximum atomic E-state index is 12.5. The summed E-state index contributed by atoms with van der Waals surface area (Å²) in [7, 11) is 0. The average Bonchev–Trinajstić information content (AvgIpc) is 2.48. The fourth-order valence-corrected chi connectivity index (χ4v) is 2.89. The molecular weight excluding hydrogens is 323 g/mol. The van der Waals surface area contributed by atoms with Crippen molar-refractivity contribution in [3.8, 4) is 0 Å². The largest absolute Gasteiger partial charge is 0.369 e. The van der Waals surface area contributed by atoms with Crippen molar-refractivity contribution < 1.29 is 9.53 Å². The fraction of sp³-hybridized carbons (Fsp3) is 0.562. The molecule has 3 unspecified atom stereocenters. The zero-order chi connectivity index (χ0) is 15.4. The van der Waals surface area contributed by atoms with E-state index in [4.69, 9.17) is 22.1 Å². The molecule has 0 aliphatic carbocycles. The second-order valence-corrected chi connectivity index (χ2v) is 5.99. The standard InChI is InChI=1S/C16H23ClN2O2.ClH/c1-3-6-14(18)16(20)19-9-15(21-10-11(19)2)12-7-4-5-8-13(12)17;/h4-5,7-8,11,14-15H,3,6,9-10,18H2,1-2H3;1H. The number of carbonyl (C=O) groups is 1. The molecular formula is C16H24Cl2N2O2. The summed E-state index contributed by atoms with van der Waals surface area (Å²) in [6.07, 6.45) is 1.42. The molecule has 2 rings (SSSR count). The molecule has 0 bridgehead atoms. The molecule has 1 heterocycles. The van der Waals surface area contributed by atoms with Gasteiger partial charge in [0.2, 0.25) is 5.91 Å². The van der Waals surface area contributed by atoms with Crippen LogP contribution >= 0.6 is 24.0 Å². The summed E-state index contributed by atoms with van der Waals surface area (Å²) >= 11 is 6.23. The van der Waals surface area contributed by atoms with E-state index < -0.39 is 6.04 Å². The molecule has 0 aromatic heterocycles. The van der Waals surface area contributed by atoms with Gasteiger partial charge in [-0.25, -0.2) is 0 Å². The minimum absolute atomic E-state index is 0. The van der Waals surface area contributed by atoms with Gasteiger partial charge in [-0.1, -0.05) is 43.1 Å². The van der Waals surface area contributed by atoms with E-state index in [9.17, 15) is 4.79 Å². The number of halogens is 2. The third-order valence-electron chi connectivity index (χ3n) is 3.89. The van der Waals surface area contributed by atoms with Crippen LogP contribution in [-0.2, 0) is 9.53 Å². The highest BCUT2D eigenvalue weighted by Crippen LogP contribution is 2.30. The second-order valence-electron chi connectivity index (χ2n) is 5.58. The number of ether oxygens (including phenoxy) is 1. The maximum Gasteiger partial charge on any atom is 0.239 e. The Hall–Kier alpha value is -0.810. The minimum atomic E-state index is -0.428. The number of benzene rings is 1. The van der Waals surface area contributed by atoms with Gasteiger partial charge in [0.1, 0.15) is 6.10 Å². The number of hydrogen-bond acceptors (Lipinski definition) is 3. The summed E-state index contributed by atoms with van der Waals surface area (Å²) in [5.41, 5.74) is 6.90. The van der Waals surface area contributed by atoms with Crippen LogP contribution in [0.25, 0.3) is 0 Å². The predicted molar refractivity (Wildman–Crippen MR) is 91.5 cm³/mol. The zero-order valence-electron chi connectivity index (χ0n) is 13.0. The molecule has 1 aliphatic rings. The number of nitrogens with zero attached hydrogens (tertiary/aromatic N) is 1. The molecule has 1 saturated heterocycles. The van der Waals surface area contributed by atoms with Crippen molar-refractivity contribution in [2.75, 3.05) is 13.2 Å². The van der Waals surface area contributed by atoms with E-state index in [1.807, 2.05) is 43.0 Å². The first kappa shape index (κ1) is 19.2. The molecule has 124 valence electrons. The quantitative estimate of drug-likeness (QED) is 0.910. The van der Waals surface area contributed by atoms with Crippen molar-refractivity contribution in [3.05, 3.63) is 34.9 Å². The SMILES string of the molecule is CCCC(N)C(=O)N1CC(c2ccccc2Cl)OCC1C.Cl. The van der Waals surface area contributed by atoms with E-state index >= 15 is 0 Å². The van der Waals surface area contributed by atoms with Gasteiger partial charge in [0.25, 0.3) is 0 Å². The molecule has 1 fully saturated rings. The van der Waals surface area contributed by atoms with Crippen molar-refractivity contribution in [2.45, 2.75) is 44.9 Å². The highest BCUT2D eigenvalue weighted by Gasteiger charge is 2.33. The number of amides is 1. The van der Waals surface area contributed by atoms with Gasteiger partial charge in [-0.3, -0.25) is 4.79 Å². The van der Waals surface area contributed by atoms with Crippen molar-refractivity contribution in [1.82, 2.24) is 4.90 Å². The summed E-state index contributed by atoms with van der Waals surface area (Å²) in [4.78, 5) is 14.3. The first-order chi connectivity index (χ1) is 10.0. The van der Waals surface area contributed by atoms with Gasteiger partial charge in [0.15, 0.2) is 0 Å². The summed E-state index contributed by atoms with van der Waals surface area (Å²) in [5.74, 6) is 0.00436. The van der Waals surface area contributed by atoms with E-state index in [-0.39, 0.29) is 30.5 Å². The first-order valence-electron chi connectivity index (χ1n) is 7.46. The number of nitrogens with two attached hydrogens (primary N) is 1. The average molecular weight is 347 g/mol. The highest BCUT2D eigenvalue weighted by atomic mass is 35.5. The van der Waals surface area contributed by atoms with Crippen LogP contribution in [-0.4, -0.2) is 36.0 Å². The summed E-state index contributed by atoms with van der Waals surface area (Å²) in [6, 6.07) is 7.21. The van der Waals surface area contributed by atoms with E-state index in [2.05, 4.69) is 0 Å². The third kappa shape index (κ3) is 4.35. The molecule has 1 aromatic carbocycles. The van der Waals surface area contributed by atoms with Gasteiger partial charge in [-0.05, 0) is 19.4 Å². The van der Waals surface area contributed by atoms with Crippen LogP contribution in [0.1, 0.15) is 38.4 Å². The molecule has 22 heavy (non-hydrogen) atoms. The Morgan fingerprint density at radius 1 is 1.50 bits per heavy atom. The molecule has 0 saturated carbocycles. The molecule has 0 spiro atoms. The lowest BCUT2D eigenvalue weighted by molar-refractivity contribution is -0.146. The van der Waals surface area contributed by atoms with Crippen LogP contribution < -0.4 is 5.73 Å². The molecule has 4 nitrogen and oxygen atoms in total. The van der Waals surface area contributed by atoms with Gasteiger partial charge >= 0.3 is 0 Å². The molecule has 6 heteroatoms. The van der Waals surface area contributed by atoms with Gasteiger partial charge in [0.05, 0.1) is 25.2 Å². The van der Waals surface area contributed by atoms with E-state index in [1.54, 1.807) is 0 Å². The first-order valence-corrected chi connectivity index (χ1v) is 7.84. The zero-order valence-corrected chi connectivity index (χ0v) is 14.6. The second kappa shape index (κ2) is 8.73. The van der Waals surface area contributed by atoms with E-state index in [1.165, 1.54) is 0 Å². The normalized spacial score (nSPS) is 22.8. The van der Waals surface area contributed by atoms with Gasteiger partial charge < -0.3 is 15.4 Å². The monoisotopic (exact) mass is 346 g/mol. The van der Waals surface area contributed by atoms with Gasteiger partial charge in [0, 0.05) is 10.6 Å². The topological polar surface area (TPSA) is 55.6 Å². The number of rotatable bonds is 4. The smallest absolute Gasteiger partial charge is 0.239 e. The Kier molecular flexibility index (Phi) is 7.63. The molecule has 2 N–H and O–H groups in total. The molecule has 1 amide bonds. The lowest BCUT2D eigenvalue weighted by Gasteiger charge is -2.39. The number of morpholine rings is 1. The lowest BCUT2D eigenvalue weighted by Crippen LogP contribution is -2.53. The Labute approximate surface area is 143 Å². The van der Waals surface area contributed by atoms with Crippen molar-refractivity contribution in [3.63, 3.8) is 0 Å². The summed E-state index contributed by atoms with van der Waals surface area (Å²) in [6.45, 7) is 5.02. The van der Waals surface area contributed by atoms with Gasteiger partial charge in [-0.15, -0.1) is 12.4 Å². The van der Waals surface area contributed by atoms with E-state index in [0.29, 0.717) is 24.6 Å². The van der Waals surface area contributed by atoms with Crippen LogP contribution in [0, 0.1) is 0 Å². The van der Waals surface area contributed by atoms with Crippen LogP contribution in [0.2, 0.25) is 5.02 Å².